The highest BCUT2D eigenvalue weighted by atomic mass is 32.1. The molecule has 0 saturated heterocycles. The lowest BCUT2D eigenvalue weighted by Crippen LogP contribution is -2.11. The number of hydrogen-bond acceptors (Lipinski definition) is 6. The first-order valence-electron chi connectivity index (χ1n) is 17.5. The molecule has 11 rings (SSSR count). The average Bonchev–Trinajstić information content (AvgIpc) is 3.96. The molecule has 0 amide bonds. The molecule has 0 unspecified atom stereocenters. The molecule has 0 saturated carbocycles. The van der Waals surface area contributed by atoms with Crippen molar-refractivity contribution in [3.8, 4) is 39.0 Å². The smallest absolute Gasteiger partial charge is 0.148 e. The fraction of sp³-hybridized carbons (Fsp3) is 0.0222. The number of imidazole rings is 2. The van der Waals surface area contributed by atoms with Gasteiger partial charge in [-0.05, 0) is 66.7 Å². The Hall–Kier alpha value is -6.90. The number of allylic oxidation sites excluding steroid dienone is 3. The van der Waals surface area contributed by atoms with Crippen LogP contribution in [0, 0.1) is 0 Å². The van der Waals surface area contributed by atoms with Gasteiger partial charge in [-0.15, -0.1) is 11.3 Å². The number of nitrogens with zero attached hydrogens (tertiary/aromatic N) is 6. The monoisotopic (exact) mass is 700 g/mol. The van der Waals surface area contributed by atoms with Gasteiger partial charge in [0.1, 0.15) is 33.7 Å². The Labute approximate surface area is 307 Å². The SMILES string of the molecule is C1=CCN=C(n2c(-c3ccc(-c4nc5ccccc5n4-c4ccccc4)c4nc(-c5cccc6c5oc5ccccc56)sc34)nc3ccccc32)C=C1. The van der Waals surface area contributed by atoms with E-state index in [9.17, 15) is 0 Å². The highest BCUT2D eigenvalue weighted by Gasteiger charge is 2.25. The van der Waals surface area contributed by atoms with Crippen LogP contribution in [-0.4, -0.2) is 36.5 Å². The summed E-state index contributed by atoms with van der Waals surface area (Å²) >= 11 is 1.65. The van der Waals surface area contributed by atoms with Gasteiger partial charge in [-0.1, -0.05) is 91.0 Å². The fourth-order valence-electron chi connectivity index (χ4n) is 7.50. The maximum absolute atomic E-state index is 6.54. The van der Waals surface area contributed by atoms with Gasteiger partial charge in [0.05, 0.1) is 44.4 Å². The normalized spacial score (nSPS) is 13.2. The summed E-state index contributed by atoms with van der Waals surface area (Å²) in [5.74, 6) is 2.46. The van der Waals surface area contributed by atoms with E-state index in [1.165, 1.54) is 0 Å². The molecule has 10 aromatic rings. The number of furan rings is 1. The second kappa shape index (κ2) is 11.8. The van der Waals surface area contributed by atoms with Gasteiger partial charge in [-0.2, -0.15) is 0 Å². The molecule has 0 atom stereocenters. The van der Waals surface area contributed by atoms with Gasteiger partial charge in [0, 0.05) is 27.6 Å². The maximum Gasteiger partial charge on any atom is 0.148 e. The molecule has 1 aliphatic heterocycles. The van der Waals surface area contributed by atoms with E-state index in [2.05, 4.69) is 124 Å². The Balaban J connectivity index is 1.23. The Morgan fingerprint density at radius 3 is 2.11 bits per heavy atom. The maximum atomic E-state index is 6.54. The fourth-order valence-corrected chi connectivity index (χ4v) is 8.63. The first-order chi connectivity index (χ1) is 26.3. The number of aromatic nitrogens is 5. The van der Waals surface area contributed by atoms with Crippen molar-refractivity contribution >= 4 is 71.4 Å². The number of benzene rings is 6. The van der Waals surface area contributed by atoms with Crippen molar-refractivity contribution in [1.82, 2.24) is 24.1 Å². The lowest BCUT2D eigenvalue weighted by atomic mass is 10.1. The van der Waals surface area contributed by atoms with Crippen LogP contribution in [0.15, 0.2) is 167 Å². The van der Waals surface area contributed by atoms with Crippen LogP contribution in [-0.2, 0) is 0 Å². The van der Waals surface area contributed by atoms with Crippen molar-refractivity contribution in [2.45, 2.75) is 0 Å². The summed E-state index contributed by atoms with van der Waals surface area (Å²) in [4.78, 5) is 21.0. The van der Waals surface area contributed by atoms with E-state index >= 15 is 0 Å². The first kappa shape index (κ1) is 29.8. The van der Waals surface area contributed by atoms with Crippen LogP contribution in [0.5, 0.6) is 0 Å². The van der Waals surface area contributed by atoms with Gasteiger partial charge in [-0.3, -0.25) is 14.1 Å². The van der Waals surface area contributed by atoms with Crippen LogP contribution in [0.2, 0.25) is 0 Å². The molecule has 53 heavy (non-hydrogen) atoms. The van der Waals surface area contributed by atoms with Gasteiger partial charge in [0.25, 0.3) is 0 Å². The van der Waals surface area contributed by atoms with E-state index in [4.69, 9.17) is 24.4 Å². The first-order valence-corrected chi connectivity index (χ1v) is 18.4. The standard InChI is InChI=1S/C45H28N6OS/c1-3-14-28(15-4-1)50-36-21-9-7-19-34(36)47-43(50)31-25-26-33(44-48-35-20-8-10-22-37(35)51(44)39-24-5-2-12-27-46-39)42-40(31)49-45(53-42)32-18-13-17-30-29-16-6-11-23-38(29)52-41(30)32/h1-26H,27H2. The van der Waals surface area contributed by atoms with Crippen molar-refractivity contribution in [2.24, 2.45) is 4.99 Å². The van der Waals surface area contributed by atoms with Crippen molar-refractivity contribution < 1.29 is 4.42 Å². The third-order valence-corrected chi connectivity index (χ3v) is 11.0. The number of thiazole rings is 1. The predicted molar refractivity (Wildman–Crippen MR) is 217 cm³/mol. The second-order valence-electron chi connectivity index (χ2n) is 13.0. The zero-order valence-corrected chi connectivity index (χ0v) is 29.0. The molecule has 0 bridgehead atoms. The van der Waals surface area contributed by atoms with E-state index < -0.39 is 0 Å². The summed E-state index contributed by atoms with van der Waals surface area (Å²) < 4.78 is 11.9. The summed E-state index contributed by atoms with van der Waals surface area (Å²) in [6.45, 7) is 0.588. The molecule has 0 fully saturated rings. The molecular weight excluding hydrogens is 673 g/mol. The Bertz CT molecular complexity index is 3160. The van der Waals surface area contributed by atoms with E-state index in [-0.39, 0.29) is 0 Å². The second-order valence-corrected chi connectivity index (χ2v) is 14.0. The zero-order valence-electron chi connectivity index (χ0n) is 28.2. The topological polar surface area (TPSA) is 74.0 Å². The van der Waals surface area contributed by atoms with Gasteiger partial charge >= 0.3 is 0 Å². The Kier molecular flexibility index (Phi) is 6.65. The number of hydrogen-bond donors (Lipinski definition) is 0. The molecule has 0 spiro atoms. The molecule has 8 heteroatoms. The van der Waals surface area contributed by atoms with E-state index in [1.54, 1.807) is 11.3 Å². The quantitative estimate of drug-likeness (QED) is 0.183. The van der Waals surface area contributed by atoms with Crippen LogP contribution in [0.1, 0.15) is 0 Å². The summed E-state index contributed by atoms with van der Waals surface area (Å²) in [5.41, 5.74) is 10.2. The van der Waals surface area contributed by atoms with Crippen LogP contribution >= 0.6 is 11.3 Å². The average molecular weight is 701 g/mol. The summed E-state index contributed by atoms with van der Waals surface area (Å²) in [6, 6.07) is 45.8. The van der Waals surface area contributed by atoms with Gasteiger partial charge in [-0.25, -0.2) is 15.0 Å². The molecule has 0 N–H and O–H groups in total. The summed E-state index contributed by atoms with van der Waals surface area (Å²) in [5, 5.41) is 3.01. The molecule has 0 radical (unpaired) electrons. The number of rotatable bonds is 4. The molecule has 0 aliphatic carbocycles. The van der Waals surface area contributed by atoms with E-state index in [1.807, 2.05) is 42.5 Å². The number of fused-ring (bicyclic) bond motifs is 6. The van der Waals surface area contributed by atoms with Crippen molar-refractivity contribution in [3.05, 3.63) is 158 Å². The third-order valence-electron chi connectivity index (χ3n) is 9.88. The van der Waals surface area contributed by atoms with Crippen LogP contribution in [0.3, 0.4) is 0 Å². The van der Waals surface area contributed by atoms with Crippen LogP contribution < -0.4 is 0 Å². The minimum Gasteiger partial charge on any atom is -0.455 e. The molecule has 1 aliphatic rings. The van der Waals surface area contributed by atoms with Gasteiger partial charge < -0.3 is 4.42 Å². The Morgan fingerprint density at radius 1 is 0.566 bits per heavy atom. The van der Waals surface area contributed by atoms with Crippen molar-refractivity contribution in [1.29, 1.82) is 0 Å². The minimum atomic E-state index is 0.588. The lowest BCUT2D eigenvalue weighted by Gasteiger charge is -2.12. The van der Waals surface area contributed by atoms with Crippen molar-refractivity contribution in [3.63, 3.8) is 0 Å². The lowest BCUT2D eigenvalue weighted by molar-refractivity contribution is 0.670. The molecule has 4 aromatic heterocycles. The summed E-state index contributed by atoms with van der Waals surface area (Å²) in [6.07, 6.45) is 8.18. The predicted octanol–water partition coefficient (Wildman–Crippen LogP) is 11.3. The van der Waals surface area contributed by atoms with Crippen LogP contribution in [0.25, 0.3) is 93.3 Å². The van der Waals surface area contributed by atoms with Crippen LogP contribution in [0.4, 0.5) is 0 Å². The van der Waals surface area contributed by atoms with Gasteiger partial charge in [0.2, 0.25) is 0 Å². The van der Waals surface area contributed by atoms with Crippen molar-refractivity contribution in [2.75, 3.05) is 6.54 Å². The van der Waals surface area contributed by atoms with Gasteiger partial charge in [0.15, 0.2) is 0 Å². The summed E-state index contributed by atoms with van der Waals surface area (Å²) in [7, 11) is 0. The minimum absolute atomic E-state index is 0.588. The molecule has 5 heterocycles. The molecule has 6 aromatic carbocycles. The highest BCUT2D eigenvalue weighted by Crippen LogP contribution is 2.45. The zero-order chi connectivity index (χ0) is 34.9. The number of para-hydroxylation sites is 7. The van der Waals surface area contributed by atoms with E-state index in [0.717, 1.165) is 99.1 Å². The molecule has 7 nitrogen and oxygen atoms in total. The molecule has 250 valence electrons. The van der Waals surface area contributed by atoms with E-state index in [0.29, 0.717) is 6.54 Å². The highest BCUT2D eigenvalue weighted by molar-refractivity contribution is 7.22. The third kappa shape index (κ3) is 4.66. The molecular formula is C45H28N6OS. The largest absolute Gasteiger partial charge is 0.455 e. The Morgan fingerprint density at radius 2 is 1.26 bits per heavy atom. The number of aliphatic imine (C=N–C) groups is 1.